The number of aromatic nitrogens is 2. The molecule has 0 saturated heterocycles. The zero-order valence-electron chi connectivity index (χ0n) is 9.28. The van der Waals surface area contributed by atoms with Crippen LogP contribution in [0.4, 0.5) is 5.82 Å². The van der Waals surface area contributed by atoms with Gasteiger partial charge in [-0.25, -0.2) is 4.68 Å². The molecule has 0 saturated carbocycles. The monoisotopic (exact) mass is 201 g/mol. The van der Waals surface area contributed by atoms with Crippen LogP contribution in [0.3, 0.4) is 0 Å². The Hall–Kier alpha value is -1.77. The van der Waals surface area contributed by atoms with E-state index in [1.807, 2.05) is 17.7 Å². The van der Waals surface area contributed by atoms with E-state index in [2.05, 4.69) is 37.1 Å². The molecule has 2 aromatic rings. The first-order chi connectivity index (χ1) is 7.08. The molecule has 3 nitrogen and oxygen atoms in total. The summed E-state index contributed by atoms with van der Waals surface area (Å²) in [6, 6.07) is 8.19. The lowest BCUT2D eigenvalue weighted by molar-refractivity contribution is 0.843. The lowest BCUT2D eigenvalue weighted by Gasteiger charge is -2.08. The van der Waals surface area contributed by atoms with Crippen LogP contribution in [0.2, 0.25) is 0 Å². The van der Waals surface area contributed by atoms with E-state index in [1.54, 1.807) is 0 Å². The summed E-state index contributed by atoms with van der Waals surface area (Å²) in [6.45, 7) is 6.16. The van der Waals surface area contributed by atoms with Crippen molar-refractivity contribution in [2.24, 2.45) is 0 Å². The van der Waals surface area contributed by atoms with Crippen molar-refractivity contribution in [3.8, 4) is 5.69 Å². The van der Waals surface area contributed by atoms with Crippen molar-refractivity contribution in [2.45, 2.75) is 20.8 Å². The fourth-order valence-corrected chi connectivity index (χ4v) is 1.69. The first kappa shape index (κ1) is 9.77. The maximum atomic E-state index is 5.67. The van der Waals surface area contributed by atoms with E-state index in [9.17, 15) is 0 Å². The maximum absolute atomic E-state index is 5.67. The van der Waals surface area contributed by atoms with Gasteiger partial charge in [-0.15, -0.1) is 0 Å². The molecule has 0 amide bonds. The average Bonchev–Trinajstić information content (AvgIpc) is 2.50. The molecule has 1 aromatic heterocycles. The Morgan fingerprint density at radius 2 is 1.87 bits per heavy atom. The average molecular weight is 201 g/mol. The minimum Gasteiger partial charge on any atom is -0.382 e. The molecule has 0 aliphatic rings. The Kier molecular flexibility index (Phi) is 2.23. The Morgan fingerprint density at radius 3 is 2.47 bits per heavy atom. The van der Waals surface area contributed by atoms with Gasteiger partial charge in [0.15, 0.2) is 0 Å². The molecule has 0 aliphatic carbocycles. The molecule has 2 N–H and O–H groups in total. The summed E-state index contributed by atoms with van der Waals surface area (Å²) in [6.07, 6.45) is 0. The van der Waals surface area contributed by atoms with Gasteiger partial charge in [0.25, 0.3) is 0 Å². The summed E-state index contributed by atoms with van der Waals surface area (Å²) in [7, 11) is 0. The van der Waals surface area contributed by atoms with Gasteiger partial charge in [0, 0.05) is 11.8 Å². The molecule has 0 bridgehead atoms. The van der Waals surface area contributed by atoms with Crippen molar-refractivity contribution in [3.05, 3.63) is 41.1 Å². The second-order valence-electron chi connectivity index (χ2n) is 3.91. The van der Waals surface area contributed by atoms with E-state index in [-0.39, 0.29) is 0 Å². The minimum absolute atomic E-state index is 0.563. The van der Waals surface area contributed by atoms with Crippen molar-refractivity contribution >= 4 is 5.82 Å². The Labute approximate surface area is 89.5 Å². The van der Waals surface area contributed by atoms with E-state index in [4.69, 9.17) is 5.73 Å². The van der Waals surface area contributed by atoms with Crippen LogP contribution in [0.25, 0.3) is 5.69 Å². The number of anilines is 1. The highest BCUT2D eigenvalue weighted by atomic mass is 15.3. The third-order valence-corrected chi connectivity index (χ3v) is 2.50. The quantitative estimate of drug-likeness (QED) is 0.769. The molecule has 15 heavy (non-hydrogen) atoms. The van der Waals surface area contributed by atoms with Gasteiger partial charge in [-0.2, -0.15) is 5.10 Å². The number of aryl methyl sites for hydroxylation is 3. The van der Waals surface area contributed by atoms with Gasteiger partial charge in [0.1, 0.15) is 5.82 Å². The van der Waals surface area contributed by atoms with Crippen molar-refractivity contribution < 1.29 is 0 Å². The van der Waals surface area contributed by atoms with Gasteiger partial charge in [-0.05, 0) is 38.0 Å². The first-order valence-corrected chi connectivity index (χ1v) is 4.97. The second kappa shape index (κ2) is 3.42. The van der Waals surface area contributed by atoms with Crippen LogP contribution in [0.1, 0.15) is 16.8 Å². The fraction of sp³-hybridized carbons (Fsp3) is 0.250. The molecule has 0 atom stereocenters. The van der Waals surface area contributed by atoms with Gasteiger partial charge in [-0.3, -0.25) is 0 Å². The molecule has 0 spiro atoms. The van der Waals surface area contributed by atoms with Crippen LogP contribution in [0.5, 0.6) is 0 Å². The maximum Gasteiger partial charge on any atom is 0.146 e. The molecule has 1 aromatic carbocycles. The van der Waals surface area contributed by atoms with Gasteiger partial charge in [0.2, 0.25) is 0 Å². The molecule has 0 aliphatic heterocycles. The zero-order valence-corrected chi connectivity index (χ0v) is 9.28. The Balaban J connectivity index is 2.62. The van der Waals surface area contributed by atoms with E-state index in [0.717, 1.165) is 11.4 Å². The van der Waals surface area contributed by atoms with Crippen LogP contribution in [0.15, 0.2) is 24.3 Å². The molecule has 78 valence electrons. The second-order valence-corrected chi connectivity index (χ2v) is 3.91. The summed E-state index contributed by atoms with van der Waals surface area (Å²) in [5.41, 5.74) is 10.3. The van der Waals surface area contributed by atoms with Gasteiger partial charge >= 0.3 is 0 Å². The highest BCUT2D eigenvalue weighted by Crippen LogP contribution is 2.18. The van der Waals surface area contributed by atoms with Crippen LogP contribution >= 0.6 is 0 Å². The lowest BCUT2D eigenvalue weighted by Crippen LogP contribution is -2.02. The molecule has 1 heterocycles. The zero-order chi connectivity index (χ0) is 11.0. The van der Waals surface area contributed by atoms with E-state index >= 15 is 0 Å². The Morgan fingerprint density at radius 1 is 1.13 bits per heavy atom. The van der Waals surface area contributed by atoms with E-state index < -0.39 is 0 Å². The number of nitrogens with zero attached hydrogens (tertiary/aromatic N) is 2. The highest BCUT2D eigenvalue weighted by Gasteiger charge is 2.06. The standard InChI is InChI=1S/C12H15N3/c1-8-4-5-9(2)11(6-8)15-10(3)7-12(13)14-15/h4-7H,1-3H3,(H2,13,14). The van der Waals surface area contributed by atoms with Crippen LogP contribution < -0.4 is 5.73 Å². The topological polar surface area (TPSA) is 43.8 Å². The predicted molar refractivity (Wildman–Crippen MR) is 62.2 cm³/mol. The fourth-order valence-electron chi connectivity index (χ4n) is 1.69. The summed E-state index contributed by atoms with van der Waals surface area (Å²) < 4.78 is 1.89. The smallest absolute Gasteiger partial charge is 0.146 e. The van der Waals surface area contributed by atoms with Crippen molar-refractivity contribution in [3.63, 3.8) is 0 Å². The number of nitrogens with two attached hydrogens (primary N) is 1. The normalized spacial score (nSPS) is 10.6. The highest BCUT2D eigenvalue weighted by molar-refractivity contribution is 5.45. The third-order valence-electron chi connectivity index (χ3n) is 2.50. The van der Waals surface area contributed by atoms with Crippen LogP contribution in [-0.2, 0) is 0 Å². The largest absolute Gasteiger partial charge is 0.382 e. The molecular weight excluding hydrogens is 186 g/mol. The van der Waals surface area contributed by atoms with Gasteiger partial charge in [0.05, 0.1) is 5.69 Å². The van der Waals surface area contributed by atoms with Crippen LogP contribution in [-0.4, -0.2) is 9.78 Å². The molecule has 0 radical (unpaired) electrons. The van der Waals surface area contributed by atoms with Crippen molar-refractivity contribution in [2.75, 3.05) is 5.73 Å². The molecular formula is C12H15N3. The van der Waals surface area contributed by atoms with Crippen molar-refractivity contribution in [1.82, 2.24) is 9.78 Å². The number of hydrogen-bond donors (Lipinski definition) is 1. The van der Waals surface area contributed by atoms with Gasteiger partial charge < -0.3 is 5.73 Å². The molecule has 0 fully saturated rings. The summed E-state index contributed by atoms with van der Waals surface area (Å²) in [5, 5.41) is 4.28. The van der Waals surface area contributed by atoms with E-state index in [1.165, 1.54) is 11.1 Å². The summed E-state index contributed by atoms with van der Waals surface area (Å²) in [5.74, 6) is 0.563. The lowest BCUT2D eigenvalue weighted by atomic mass is 10.1. The number of benzene rings is 1. The molecule has 3 heteroatoms. The third kappa shape index (κ3) is 1.73. The number of rotatable bonds is 1. The van der Waals surface area contributed by atoms with Crippen LogP contribution in [0, 0.1) is 20.8 Å². The first-order valence-electron chi connectivity index (χ1n) is 4.97. The number of nitrogen functional groups attached to an aromatic ring is 1. The SMILES string of the molecule is Cc1ccc(C)c(-n2nc(N)cc2C)c1. The minimum atomic E-state index is 0.563. The van der Waals surface area contributed by atoms with Gasteiger partial charge in [-0.1, -0.05) is 12.1 Å². The summed E-state index contributed by atoms with van der Waals surface area (Å²) >= 11 is 0. The predicted octanol–water partition coefficient (Wildman–Crippen LogP) is 2.38. The Bertz CT molecular complexity index is 498. The number of hydrogen-bond acceptors (Lipinski definition) is 2. The molecule has 2 rings (SSSR count). The summed E-state index contributed by atoms with van der Waals surface area (Å²) in [4.78, 5) is 0. The van der Waals surface area contributed by atoms with E-state index in [0.29, 0.717) is 5.82 Å². The van der Waals surface area contributed by atoms with Crippen molar-refractivity contribution in [1.29, 1.82) is 0 Å². The molecule has 0 unspecified atom stereocenters.